The zero-order valence-electron chi connectivity index (χ0n) is 7.41. The minimum atomic E-state index is -0.652. The van der Waals surface area contributed by atoms with Crippen molar-refractivity contribution in [3.63, 3.8) is 0 Å². The Labute approximate surface area is 91.4 Å². The molecular formula is C8H15IO4. The topological polar surface area (TPSA) is 66.8 Å². The van der Waals surface area contributed by atoms with Gasteiger partial charge < -0.3 is 14.9 Å². The average Bonchev–Trinajstić information content (AvgIpc) is 2.12. The first-order valence-corrected chi connectivity index (χ1v) is 5.73. The van der Waals surface area contributed by atoms with Gasteiger partial charge in [-0.25, -0.2) is 0 Å². The van der Waals surface area contributed by atoms with E-state index in [0.717, 1.165) is 6.42 Å². The number of carbonyl (C=O) groups is 1. The number of unbranched alkanes of at least 4 members (excludes halogenated alkanes) is 1. The van der Waals surface area contributed by atoms with Crippen LogP contribution in [-0.2, 0) is 9.53 Å². The number of ether oxygens (including phenoxy) is 1. The zero-order valence-corrected chi connectivity index (χ0v) is 9.57. The molecule has 0 amide bonds. The van der Waals surface area contributed by atoms with Crippen molar-refractivity contribution >= 4 is 28.6 Å². The van der Waals surface area contributed by atoms with Gasteiger partial charge >= 0.3 is 5.97 Å². The summed E-state index contributed by atoms with van der Waals surface area (Å²) in [6, 6.07) is 0. The Morgan fingerprint density at radius 2 is 2.15 bits per heavy atom. The van der Waals surface area contributed by atoms with Crippen molar-refractivity contribution in [3.05, 3.63) is 0 Å². The molecule has 13 heavy (non-hydrogen) atoms. The van der Waals surface area contributed by atoms with Crippen molar-refractivity contribution in [1.82, 2.24) is 0 Å². The number of carbonyl (C=O) groups excluding carboxylic acids is 1. The molecule has 1 atom stereocenters. The van der Waals surface area contributed by atoms with E-state index in [2.05, 4.69) is 0 Å². The van der Waals surface area contributed by atoms with Gasteiger partial charge in [-0.2, -0.15) is 0 Å². The normalized spacial score (nSPS) is 12.5. The van der Waals surface area contributed by atoms with E-state index in [1.54, 1.807) is 0 Å². The van der Waals surface area contributed by atoms with Crippen molar-refractivity contribution < 1.29 is 19.7 Å². The van der Waals surface area contributed by atoms with Crippen LogP contribution in [0.5, 0.6) is 0 Å². The van der Waals surface area contributed by atoms with E-state index in [-0.39, 0.29) is 12.6 Å². The Bertz CT molecular complexity index is 140. The summed E-state index contributed by atoms with van der Waals surface area (Å²) in [4.78, 5) is 10.8. The summed E-state index contributed by atoms with van der Waals surface area (Å²) in [5.41, 5.74) is 0. The van der Waals surface area contributed by atoms with Gasteiger partial charge in [-0.05, 0) is 35.4 Å². The second-order valence-electron chi connectivity index (χ2n) is 2.71. The molecule has 5 heteroatoms. The fraction of sp³-hybridized carbons (Fsp3) is 0.875. The first kappa shape index (κ1) is 13.1. The van der Waals surface area contributed by atoms with Crippen LogP contribution < -0.4 is 0 Å². The molecule has 1 unspecified atom stereocenters. The molecule has 0 aromatic carbocycles. The average molecular weight is 302 g/mol. The monoisotopic (exact) mass is 302 g/mol. The number of hydrogen-bond donors (Lipinski definition) is 2. The molecule has 0 aliphatic heterocycles. The van der Waals surface area contributed by atoms with Crippen molar-refractivity contribution in [1.29, 1.82) is 0 Å². The van der Waals surface area contributed by atoms with Gasteiger partial charge in [0, 0.05) is 6.42 Å². The number of esters is 1. The maximum absolute atomic E-state index is 10.8. The Balaban J connectivity index is 3.20. The molecule has 0 aromatic rings. The first-order valence-electron chi connectivity index (χ1n) is 4.21. The fourth-order valence-electron chi connectivity index (χ4n) is 0.874. The van der Waals surface area contributed by atoms with E-state index in [4.69, 9.17) is 14.9 Å². The van der Waals surface area contributed by atoms with Crippen LogP contribution in [0.4, 0.5) is 0 Å². The van der Waals surface area contributed by atoms with E-state index in [1.807, 2.05) is 22.6 Å². The highest BCUT2D eigenvalue weighted by molar-refractivity contribution is 14.1. The van der Waals surface area contributed by atoms with Crippen LogP contribution in [0, 0.1) is 0 Å². The van der Waals surface area contributed by atoms with E-state index < -0.39 is 6.10 Å². The molecule has 0 spiro atoms. The molecule has 0 saturated heterocycles. The maximum atomic E-state index is 10.8. The van der Waals surface area contributed by atoms with Crippen LogP contribution in [-0.4, -0.2) is 33.5 Å². The molecule has 4 nitrogen and oxygen atoms in total. The van der Waals surface area contributed by atoms with Gasteiger partial charge in [-0.1, -0.05) is 6.42 Å². The lowest BCUT2D eigenvalue weighted by Gasteiger charge is -2.05. The highest BCUT2D eigenvalue weighted by atomic mass is 127. The minimum Gasteiger partial charge on any atom is -0.455 e. The predicted octanol–water partition coefficient (Wildman–Crippen LogP) is 0.836. The Morgan fingerprint density at radius 1 is 1.46 bits per heavy atom. The lowest BCUT2D eigenvalue weighted by atomic mass is 10.1. The third-order valence-electron chi connectivity index (χ3n) is 1.59. The standard InChI is InChI=1S/C8H15IO4/c9-6-13-8(12)4-2-1-3-7(11)5-10/h7,10-11H,1-6H2. The Kier molecular flexibility index (Phi) is 8.79. The molecule has 0 rings (SSSR count). The number of aliphatic hydroxyl groups excluding tert-OH is 2. The molecule has 78 valence electrons. The van der Waals surface area contributed by atoms with E-state index >= 15 is 0 Å². The molecular weight excluding hydrogens is 287 g/mol. The van der Waals surface area contributed by atoms with Crippen molar-refractivity contribution in [2.45, 2.75) is 31.8 Å². The maximum Gasteiger partial charge on any atom is 0.306 e. The Morgan fingerprint density at radius 3 is 2.69 bits per heavy atom. The molecule has 0 aliphatic rings. The summed E-state index contributed by atoms with van der Waals surface area (Å²) < 4.78 is 5.10. The molecule has 0 heterocycles. The first-order chi connectivity index (χ1) is 6.20. The molecule has 0 aliphatic carbocycles. The van der Waals surface area contributed by atoms with Gasteiger partial charge in [0.05, 0.1) is 12.7 Å². The van der Waals surface area contributed by atoms with E-state index in [1.165, 1.54) is 0 Å². The largest absolute Gasteiger partial charge is 0.455 e. The quantitative estimate of drug-likeness (QED) is 0.316. The summed E-state index contributed by atoms with van der Waals surface area (Å²) in [6.45, 7) is -0.210. The minimum absolute atomic E-state index is 0.201. The summed E-state index contributed by atoms with van der Waals surface area (Å²) in [7, 11) is 0. The van der Waals surface area contributed by atoms with Crippen LogP contribution >= 0.6 is 22.6 Å². The highest BCUT2D eigenvalue weighted by Crippen LogP contribution is 2.04. The van der Waals surface area contributed by atoms with Gasteiger partial charge in [0.2, 0.25) is 0 Å². The third kappa shape index (κ3) is 8.45. The predicted molar refractivity (Wildman–Crippen MR) is 56.5 cm³/mol. The smallest absolute Gasteiger partial charge is 0.306 e. The van der Waals surface area contributed by atoms with E-state index in [9.17, 15) is 4.79 Å². The summed E-state index contributed by atoms with van der Waals surface area (Å²) in [5.74, 6) is -0.201. The lowest BCUT2D eigenvalue weighted by Crippen LogP contribution is -2.11. The second kappa shape index (κ2) is 8.71. The molecule has 0 aromatic heterocycles. The van der Waals surface area contributed by atoms with Crippen LogP contribution in [0.1, 0.15) is 25.7 Å². The fourth-order valence-corrected chi connectivity index (χ4v) is 1.22. The lowest BCUT2D eigenvalue weighted by molar-refractivity contribution is -0.141. The van der Waals surface area contributed by atoms with Gasteiger partial charge in [-0.15, -0.1) is 0 Å². The number of alkyl halides is 1. The van der Waals surface area contributed by atoms with Crippen molar-refractivity contribution in [3.8, 4) is 0 Å². The van der Waals surface area contributed by atoms with Crippen LogP contribution in [0.15, 0.2) is 0 Å². The van der Waals surface area contributed by atoms with Gasteiger partial charge in [0.1, 0.15) is 4.61 Å². The molecule has 2 N–H and O–H groups in total. The number of rotatable bonds is 7. The summed E-state index contributed by atoms with van der Waals surface area (Å²) in [6.07, 6.45) is 1.71. The van der Waals surface area contributed by atoms with Gasteiger partial charge in [-0.3, -0.25) is 4.79 Å². The van der Waals surface area contributed by atoms with Gasteiger partial charge in [0.15, 0.2) is 0 Å². The molecule has 0 radical (unpaired) electrons. The number of aliphatic hydroxyl groups is 2. The second-order valence-corrected chi connectivity index (χ2v) is 3.33. The Hall–Kier alpha value is 0.120. The number of halogens is 1. The third-order valence-corrected chi connectivity index (χ3v) is 1.91. The van der Waals surface area contributed by atoms with Gasteiger partial charge in [0.25, 0.3) is 0 Å². The van der Waals surface area contributed by atoms with Crippen molar-refractivity contribution in [2.75, 3.05) is 11.2 Å². The summed E-state index contributed by atoms with van der Waals surface area (Å²) >= 11 is 1.96. The number of hydrogen-bond acceptors (Lipinski definition) is 4. The van der Waals surface area contributed by atoms with Crippen molar-refractivity contribution in [2.24, 2.45) is 0 Å². The van der Waals surface area contributed by atoms with Crippen LogP contribution in [0.3, 0.4) is 0 Å². The molecule has 0 saturated carbocycles. The summed E-state index contributed by atoms with van der Waals surface area (Å²) in [5, 5.41) is 17.4. The van der Waals surface area contributed by atoms with Crippen LogP contribution in [0.25, 0.3) is 0 Å². The SMILES string of the molecule is O=C(CCCCC(O)CO)OCI. The van der Waals surface area contributed by atoms with E-state index in [0.29, 0.717) is 23.9 Å². The highest BCUT2D eigenvalue weighted by Gasteiger charge is 2.04. The zero-order chi connectivity index (χ0) is 10.1. The molecule has 0 fully saturated rings. The van der Waals surface area contributed by atoms with Crippen LogP contribution in [0.2, 0.25) is 0 Å². The molecule has 0 bridgehead atoms.